The highest BCUT2D eigenvalue weighted by atomic mass is 19.4. The van der Waals surface area contributed by atoms with Crippen molar-refractivity contribution in [1.29, 1.82) is 0 Å². The fourth-order valence-corrected chi connectivity index (χ4v) is 1.89. The summed E-state index contributed by atoms with van der Waals surface area (Å²) in [4.78, 5) is 14.9. The van der Waals surface area contributed by atoms with Gasteiger partial charge in [0.05, 0.1) is 6.10 Å². The number of carbonyl (C=O) groups is 1. The molecule has 2 unspecified atom stereocenters. The summed E-state index contributed by atoms with van der Waals surface area (Å²) >= 11 is 0. The van der Waals surface area contributed by atoms with Crippen LogP contribution >= 0.6 is 0 Å². The van der Waals surface area contributed by atoms with Crippen molar-refractivity contribution in [2.45, 2.75) is 44.4 Å². The van der Waals surface area contributed by atoms with Gasteiger partial charge in [0.15, 0.2) is 5.82 Å². The van der Waals surface area contributed by atoms with E-state index in [1.807, 2.05) is 0 Å². The van der Waals surface area contributed by atoms with Crippen LogP contribution in [0.5, 0.6) is 0 Å². The standard InChI is InChI=1S/C11H13F3N2O3/c1-6(9(17)11(12,13)14)10-15-8(16-19-10)5-7-3-2-4-18-7/h6-7H,2-5H2,1H3. The molecule has 2 rings (SSSR count). The Bertz CT molecular complexity index is 452. The Hall–Kier alpha value is -1.44. The van der Waals surface area contributed by atoms with E-state index >= 15 is 0 Å². The van der Waals surface area contributed by atoms with Crippen LogP contribution in [0.25, 0.3) is 0 Å². The highest BCUT2D eigenvalue weighted by Gasteiger charge is 2.44. The summed E-state index contributed by atoms with van der Waals surface area (Å²) in [5.41, 5.74) is 0. The molecule has 0 bridgehead atoms. The van der Waals surface area contributed by atoms with Crippen LogP contribution in [0.3, 0.4) is 0 Å². The number of alkyl halides is 3. The molecule has 0 aromatic carbocycles. The molecule has 1 aromatic heterocycles. The second-order valence-electron chi connectivity index (χ2n) is 4.47. The predicted molar refractivity (Wildman–Crippen MR) is 56.5 cm³/mol. The smallest absolute Gasteiger partial charge is 0.378 e. The van der Waals surface area contributed by atoms with Crippen molar-refractivity contribution in [3.8, 4) is 0 Å². The van der Waals surface area contributed by atoms with Crippen LogP contribution in [0.15, 0.2) is 4.52 Å². The molecular formula is C11H13F3N2O3. The molecule has 1 aromatic rings. The van der Waals surface area contributed by atoms with E-state index in [-0.39, 0.29) is 17.8 Å². The van der Waals surface area contributed by atoms with Crippen LogP contribution in [-0.4, -0.2) is 34.8 Å². The van der Waals surface area contributed by atoms with Crippen LogP contribution in [0, 0.1) is 0 Å². The number of hydrogen-bond donors (Lipinski definition) is 0. The van der Waals surface area contributed by atoms with Gasteiger partial charge in [-0.25, -0.2) is 0 Å². The Kier molecular flexibility index (Phi) is 3.88. The maximum absolute atomic E-state index is 12.3. The molecule has 8 heteroatoms. The third-order valence-corrected chi connectivity index (χ3v) is 2.96. The van der Waals surface area contributed by atoms with E-state index < -0.39 is 17.9 Å². The first-order valence-corrected chi connectivity index (χ1v) is 5.93. The molecule has 0 amide bonds. The zero-order valence-corrected chi connectivity index (χ0v) is 10.2. The molecule has 106 valence electrons. The van der Waals surface area contributed by atoms with Crippen molar-refractivity contribution >= 4 is 5.78 Å². The van der Waals surface area contributed by atoms with E-state index in [2.05, 4.69) is 10.1 Å². The van der Waals surface area contributed by atoms with E-state index in [1.165, 1.54) is 0 Å². The van der Waals surface area contributed by atoms with E-state index in [1.54, 1.807) is 0 Å². The average molecular weight is 278 g/mol. The Labute approximate surface area is 107 Å². The van der Waals surface area contributed by atoms with E-state index in [0.717, 1.165) is 19.8 Å². The second kappa shape index (κ2) is 5.28. The third kappa shape index (κ3) is 3.31. The zero-order chi connectivity index (χ0) is 14.0. The molecule has 0 spiro atoms. The Morgan fingerprint density at radius 1 is 1.53 bits per heavy atom. The highest BCUT2D eigenvalue weighted by molar-refractivity contribution is 5.89. The number of aromatic nitrogens is 2. The van der Waals surface area contributed by atoms with Gasteiger partial charge in [-0.15, -0.1) is 0 Å². The number of halogens is 3. The summed E-state index contributed by atoms with van der Waals surface area (Å²) in [7, 11) is 0. The van der Waals surface area contributed by atoms with Crippen molar-refractivity contribution in [3.63, 3.8) is 0 Å². The van der Waals surface area contributed by atoms with Crippen molar-refractivity contribution in [3.05, 3.63) is 11.7 Å². The van der Waals surface area contributed by atoms with E-state index in [0.29, 0.717) is 13.0 Å². The van der Waals surface area contributed by atoms with Crippen LogP contribution in [0.4, 0.5) is 13.2 Å². The maximum atomic E-state index is 12.3. The monoisotopic (exact) mass is 278 g/mol. The molecule has 1 fully saturated rings. The summed E-state index contributed by atoms with van der Waals surface area (Å²) in [6, 6.07) is 0. The first-order chi connectivity index (χ1) is 8.88. The summed E-state index contributed by atoms with van der Waals surface area (Å²) in [5, 5.41) is 3.58. The first-order valence-electron chi connectivity index (χ1n) is 5.93. The fraction of sp³-hybridized carbons (Fsp3) is 0.727. The molecule has 5 nitrogen and oxygen atoms in total. The molecule has 19 heavy (non-hydrogen) atoms. The number of nitrogens with zero attached hydrogens (tertiary/aromatic N) is 2. The average Bonchev–Trinajstić information content (AvgIpc) is 2.98. The lowest BCUT2D eigenvalue weighted by Gasteiger charge is -2.08. The van der Waals surface area contributed by atoms with Crippen molar-refractivity contribution in [2.24, 2.45) is 0 Å². The van der Waals surface area contributed by atoms with Crippen molar-refractivity contribution in [1.82, 2.24) is 10.1 Å². The van der Waals surface area contributed by atoms with Gasteiger partial charge < -0.3 is 9.26 Å². The van der Waals surface area contributed by atoms with Gasteiger partial charge >= 0.3 is 6.18 Å². The number of carbonyl (C=O) groups excluding carboxylic acids is 1. The lowest BCUT2D eigenvalue weighted by molar-refractivity contribution is -0.172. The first kappa shape index (κ1) is 14.0. The quantitative estimate of drug-likeness (QED) is 0.843. The number of rotatable bonds is 4. The van der Waals surface area contributed by atoms with Crippen molar-refractivity contribution < 1.29 is 27.2 Å². The minimum absolute atomic E-state index is 0.0286. The molecule has 0 saturated carbocycles. The number of ketones is 1. The van der Waals surface area contributed by atoms with Gasteiger partial charge in [0.1, 0.15) is 5.92 Å². The third-order valence-electron chi connectivity index (χ3n) is 2.96. The normalized spacial score (nSPS) is 21.6. The number of Topliss-reactive ketones (excluding diaryl/α,β-unsaturated/α-hetero) is 1. The predicted octanol–water partition coefficient (Wildman–Crippen LogP) is 2.03. The summed E-state index contributed by atoms with van der Waals surface area (Å²) in [5.74, 6) is -3.41. The molecular weight excluding hydrogens is 265 g/mol. The van der Waals surface area contributed by atoms with Gasteiger partial charge in [-0.05, 0) is 19.8 Å². The van der Waals surface area contributed by atoms with Gasteiger partial charge in [0.2, 0.25) is 11.7 Å². The molecule has 0 radical (unpaired) electrons. The van der Waals surface area contributed by atoms with Crippen LogP contribution in [-0.2, 0) is 16.0 Å². The topological polar surface area (TPSA) is 65.2 Å². The van der Waals surface area contributed by atoms with Crippen molar-refractivity contribution in [2.75, 3.05) is 6.61 Å². The minimum Gasteiger partial charge on any atom is -0.378 e. The van der Waals surface area contributed by atoms with Crippen LogP contribution < -0.4 is 0 Å². The molecule has 2 atom stereocenters. The summed E-state index contributed by atoms with van der Waals surface area (Å²) < 4.78 is 46.9. The molecule has 2 heterocycles. The zero-order valence-electron chi connectivity index (χ0n) is 10.2. The molecule has 1 aliphatic rings. The fourth-order valence-electron chi connectivity index (χ4n) is 1.89. The van der Waals surface area contributed by atoms with Gasteiger partial charge in [-0.3, -0.25) is 4.79 Å². The lowest BCUT2D eigenvalue weighted by atomic mass is 10.1. The van der Waals surface area contributed by atoms with Crippen LogP contribution in [0.1, 0.15) is 37.4 Å². The SMILES string of the molecule is CC(C(=O)C(F)(F)F)c1nc(CC2CCCO2)no1. The number of hydrogen-bond acceptors (Lipinski definition) is 5. The van der Waals surface area contributed by atoms with Gasteiger partial charge in [-0.1, -0.05) is 5.16 Å². The minimum atomic E-state index is -4.90. The number of ether oxygens (including phenoxy) is 1. The molecule has 1 saturated heterocycles. The van der Waals surface area contributed by atoms with E-state index in [4.69, 9.17) is 9.26 Å². The molecule has 0 aliphatic carbocycles. The van der Waals surface area contributed by atoms with E-state index in [9.17, 15) is 18.0 Å². The summed E-state index contributed by atoms with van der Waals surface area (Å²) in [6.45, 7) is 1.76. The lowest BCUT2D eigenvalue weighted by Crippen LogP contribution is -2.27. The van der Waals surface area contributed by atoms with Gasteiger partial charge in [0, 0.05) is 13.0 Å². The molecule has 1 aliphatic heterocycles. The Balaban J connectivity index is 2.01. The molecule has 0 N–H and O–H groups in total. The largest absolute Gasteiger partial charge is 0.450 e. The van der Waals surface area contributed by atoms with Gasteiger partial charge in [-0.2, -0.15) is 18.2 Å². The van der Waals surface area contributed by atoms with Crippen LogP contribution in [0.2, 0.25) is 0 Å². The highest BCUT2D eigenvalue weighted by Crippen LogP contribution is 2.26. The van der Waals surface area contributed by atoms with Gasteiger partial charge in [0.25, 0.3) is 0 Å². The maximum Gasteiger partial charge on any atom is 0.450 e. The second-order valence-corrected chi connectivity index (χ2v) is 4.47. The summed E-state index contributed by atoms with van der Waals surface area (Å²) in [6.07, 6.45) is -2.74. The Morgan fingerprint density at radius 3 is 2.84 bits per heavy atom. The Morgan fingerprint density at radius 2 is 2.26 bits per heavy atom.